The largest absolute Gasteiger partial charge is 0.454 e. The summed E-state index contributed by atoms with van der Waals surface area (Å²) in [5.74, 6) is 1.60. The van der Waals surface area contributed by atoms with Gasteiger partial charge in [-0.05, 0) is 24.3 Å². The van der Waals surface area contributed by atoms with Gasteiger partial charge in [0, 0.05) is 0 Å². The second-order valence-electron chi connectivity index (χ2n) is 3.55. The van der Waals surface area contributed by atoms with Crippen LogP contribution in [0.1, 0.15) is 5.56 Å². The first-order chi connectivity index (χ1) is 7.84. The molecule has 0 saturated carbocycles. The molecule has 3 heteroatoms. The predicted octanol–water partition coefficient (Wildman–Crippen LogP) is 3.58. The van der Waals surface area contributed by atoms with E-state index in [2.05, 4.69) is 5.32 Å². The van der Waals surface area contributed by atoms with E-state index >= 15 is 0 Å². The number of nitrogens with one attached hydrogen (secondary N) is 1. The van der Waals surface area contributed by atoms with Gasteiger partial charge in [-0.3, -0.25) is 0 Å². The zero-order valence-electron chi connectivity index (χ0n) is 8.44. The van der Waals surface area contributed by atoms with Gasteiger partial charge in [-0.2, -0.15) is 0 Å². The van der Waals surface area contributed by atoms with Crippen molar-refractivity contribution in [3.8, 4) is 11.5 Å². The van der Waals surface area contributed by atoms with Crippen molar-refractivity contribution in [1.82, 2.24) is 0 Å². The first-order valence-electron chi connectivity index (χ1n) is 5.02. The molecule has 0 spiro atoms. The number of thiocarbonyl (C=S) groups is 1. The van der Waals surface area contributed by atoms with E-state index in [0.717, 1.165) is 22.7 Å². The van der Waals surface area contributed by atoms with Crippen LogP contribution < -0.4 is 10.1 Å². The third-order valence-corrected chi connectivity index (χ3v) is 2.81. The Kier molecular flexibility index (Phi) is 2.11. The van der Waals surface area contributed by atoms with Crippen molar-refractivity contribution >= 4 is 22.9 Å². The molecule has 0 fully saturated rings. The zero-order valence-corrected chi connectivity index (χ0v) is 9.25. The molecule has 0 saturated heterocycles. The number of rotatable bonds is 0. The standard InChI is InChI=1S/C13H9NOS/c16-13-9-5-1-3-7-11(9)15-12-8-4-2-6-10(12)14-13/h1-8H,(H,14,16). The summed E-state index contributed by atoms with van der Waals surface area (Å²) in [6.45, 7) is 0. The van der Waals surface area contributed by atoms with E-state index in [9.17, 15) is 0 Å². The Balaban J connectivity index is 2.18. The lowest BCUT2D eigenvalue weighted by Gasteiger charge is -2.06. The molecule has 1 aliphatic rings. The number of fused-ring (bicyclic) bond motifs is 2. The van der Waals surface area contributed by atoms with E-state index in [4.69, 9.17) is 17.0 Å². The van der Waals surface area contributed by atoms with Crippen LogP contribution in [0.4, 0.5) is 5.69 Å². The average molecular weight is 227 g/mol. The summed E-state index contributed by atoms with van der Waals surface area (Å²) in [5, 5.41) is 3.18. The number of benzene rings is 2. The number of ether oxygens (including phenoxy) is 1. The second kappa shape index (κ2) is 3.61. The number of para-hydroxylation sites is 3. The summed E-state index contributed by atoms with van der Waals surface area (Å²) < 4.78 is 5.82. The SMILES string of the molecule is S=C1Nc2ccccc2Oc2ccccc21. The molecule has 2 aromatic carbocycles. The molecule has 0 unspecified atom stereocenters. The molecule has 1 N–H and O–H groups in total. The molecule has 0 amide bonds. The van der Waals surface area contributed by atoms with Crippen LogP contribution in [0, 0.1) is 0 Å². The summed E-state index contributed by atoms with van der Waals surface area (Å²) in [5.41, 5.74) is 1.83. The van der Waals surface area contributed by atoms with Crippen LogP contribution >= 0.6 is 12.2 Å². The fourth-order valence-corrected chi connectivity index (χ4v) is 1.99. The highest BCUT2D eigenvalue weighted by atomic mass is 32.1. The van der Waals surface area contributed by atoms with Crippen LogP contribution in [0.3, 0.4) is 0 Å². The molecular formula is C13H9NOS. The third kappa shape index (κ3) is 1.46. The van der Waals surface area contributed by atoms with Crippen LogP contribution in [0.5, 0.6) is 11.5 Å². The summed E-state index contributed by atoms with van der Waals surface area (Å²) in [4.78, 5) is 0.695. The maximum Gasteiger partial charge on any atom is 0.150 e. The molecule has 0 bridgehead atoms. The molecule has 16 heavy (non-hydrogen) atoms. The first-order valence-corrected chi connectivity index (χ1v) is 5.43. The molecule has 0 atom stereocenters. The number of hydrogen-bond acceptors (Lipinski definition) is 2. The van der Waals surface area contributed by atoms with Crippen LogP contribution in [-0.2, 0) is 0 Å². The molecule has 0 aromatic heterocycles. The maximum atomic E-state index is 5.82. The van der Waals surface area contributed by atoms with Crippen LogP contribution in [0.2, 0.25) is 0 Å². The van der Waals surface area contributed by atoms with Crippen molar-refractivity contribution in [2.45, 2.75) is 0 Å². The fourth-order valence-electron chi connectivity index (χ4n) is 1.71. The smallest absolute Gasteiger partial charge is 0.150 e. The Labute approximate surface area is 98.9 Å². The minimum absolute atomic E-state index is 0.695. The Morgan fingerprint density at radius 3 is 2.44 bits per heavy atom. The third-order valence-electron chi connectivity index (χ3n) is 2.49. The molecule has 0 aliphatic carbocycles. The van der Waals surface area contributed by atoms with Gasteiger partial charge >= 0.3 is 0 Å². The second-order valence-corrected chi connectivity index (χ2v) is 3.96. The van der Waals surface area contributed by atoms with Crippen molar-refractivity contribution < 1.29 is 4.74 Å². The maximum absolute atomic E-state index is 5.82. The van der Waals surface area contributed by atoms with Gasteiger partial charge in [-0.1, -0.05) is 36.5 Å². The summed E-state index contributed by atoms with van der Waals surface area (Å²) in [6, 6.07) is 15.5. The van der Waals surface area contributed by atoms with Crippen molar-refractivity contribution in [2.24, 2.45) is 0 Å². The molecule has 3 rings (SSSR count). The molecule has 1 aliphatic heterocycles. The summed E-state index contributed by atoms with van der Waals surface area (Å²) in [6.07, 6.45) is 0. The Bertz CT molecular complexity index is 565. The summed E-state index contributed by atoms with van der Waals surface area (Å²) >= 11 is 5.33. The zero-order chi connectivity index (χ0) is 11.0. The fraction of sp³-hybridized carbons (Fsp3) is 0. The van der Waals surface area contributed by atoms with E-state index in [0.29, 0.717) is 4.99 Å². The van der Waals surface area contributed by atoms with Crippen molar-refractivity contribution in [3.63, 3.8) is 0 Å². The Hall–Kier alpha value is -1.87. The van der Waals surface area contributed by atoms with Gasteiger partial charge in [-0.25, -0.2) is 0 Å². The highest BCUT2D eigenvalue weighted by Gasteiger charge is 2.16. The normalized spacial score (nSPS) is 12.9. The number of anilines is 1. The lowest BCUT2D eigenvalue weighted by Crippen LogP contribution is -2.08. The molecule has 78 valence electrons. The van der Waals surface area contributed by atoms with Crippen LogP contribution in [0.25, 0.3) is 0 Å². The van der Waals surface area contributed by atoms with E-state index in [1.807, 2.05) is 48.5 Å². The van der Waals surface area contributed by atoms with Gasteiger partial charge in [0.25, 0.3) is 0 Å². The Morgan fingerprint density at radius 1 is 0.875 bits per heavy atom. The molecule has 1 heterocycles. The van der Waals surface area contributed by atoms with Gasteiger partial charge in [0.05, 0.1) is 11.3 Å². The topological polar surface area (TPSA) is 21.3 Å². The summed E-state index contributed by atoms with van der Waals surface area (Å²) in [7, 11) is 0. The predicted molar refractivity (Wildman–Crippen MR) is 68.3 cm³/mol. The quantitative estimate of drug-likeness (QED) is 0.695. The first kappa shape index (κ1) is 9.36. The van der Waals surface area contributed by atoms with Gasteiger partial charge in [-0.15, -0.1) is 0 Å². The minimum Gasteiger partial charge on any atom is -0.454 e. The van der Waals surface area contributed by atoms with Crippen LogP contribution in [0.15, 0.2) is 48.5 Å². The van der Waals surface area contributed by atoms with Gasteiger partial charge < -0.3 is 10.1 Å². The van der Waals surface area contributed by atoms with E-state index in [1.165, 1.54) is 0 Å². The minimum atomic E-state index is 0.695. The van der Waals surface area contributed by atoms with E-state index < -0.39 is 0 Å². The molecular weight excluding hydrogens is 218 g/mol. The van der Waals surface area contributed by atoms with Crippen molar-refractivity contribution in [3.05, 3.63) is 54.1 Å². The molecule has 2 nitrogen and oxygen atoms in total. The van der Waals surface area contributed by atoms with E-state index in [-0.39, 0.29) is 0 Å². The van der Waals surface area contributed by atoms with Gasteiger partial charge in [0.1, 0.15) is 10.7 Å². The van der Waals surface area contributed by atoms with Crippen molar-refractivity contribution in [2.75, 3.05) is 5.32 Å². The lowest BCUT2D eigenvalue weighted by atomic mass is 10.2. The average Bonchev–Trinajstić information content (AvgIpc) is 2.45. The van der Waals surface area contributed by atoms with Gasteiger partial charge in [0.2, 0.25) is 0 Å². The number of hydrogen-bond donors (Lipinski definition) is 1. The highest BCUT2D eigenvalue weighted by molar-refractivity contribution is 7.81. The lowest BCUT2D eigenvalue weighted by molar-refractivity contribution is 0.486. The van der Waals surface area contributed by atoms with E-state index in [1.54, 1.807) is 0 Å². The Morgan fingerprint density at radius 2 is 1.56 bits per heavy atom. The monoisotopic (exact) mass is 227 g/mol. The molecule has 2 aromatic rings. The van der Waals surface area contributed by atoms with Crippen LogP contribution in [-0.4, -0.2) is 4.99 Å². The van der Waals surface area contributed by atoms with Gasteiger partial charge in [0.15, 0.2) is 5.75 Å². The molecule has 0 radical (unpaired) electrons. The highest BCUT2D eigenvalue weighted by Crippen LogP contribution is 2.35. The van der Waals surface area contributed by atoms with Crippen molar-refractivity contribution in [1.29, 1.82) is 0 Å².